The summed E-state index contributed by atoms with van der Waals surface area (Å²) < 4.78 is 38.5. The number of hydrogen-bond acceptors (Lipinski definition) is 6. The van der Waals surface area contributed by atoms with Crippen LogP contribution in [0, 0.1) is 0 Å². The van der Waals surface area contributed by atoms with Gasteiger partial charge in [-0.15, -0.1) is 0 Å². The fraction of sp³-hybridized carbons (Fsp3) is 0.394. The van der Waals surface area contributed by atoms with Gasteiger partial charge in [-0.1, -0.05) is 78.9 Å². The Bertz CT molecular complexity index is 1620. The topological polar surface area (TPSA) is 105 Å². The molecule has 2 aliphatic rings. The summed E-state index contributed by atoms with van der Waals surface area (Å²) in [6.45, 7) is 0.116. The van der Waals surface area contributed by atoms with E-state index in [1.54, 1.807) is 36.4 Å². The smallest absolute Gasteiger partial charge is 0.244 e. The third-order valence-corrected chi connectivity index (χ3v) is 9.80. The molecule has 1 saturated carbocycles. The molecule has 0 spiro atoms. The number of nitrogens with one attached hydrogen (secondary N) is 1. The molecule has 0 saturated heterocycles. The highest BCUT2D eigenvalue weighted by Crippen LogP contribution is 2.35. The number of amides is 2. The Kier molecular flexibility index (Phi) is 10.8. The molecule has 240 valence electrons. The summed E-state index contributed by atoms with van der Waals surface area (Å²) in [5, 5.41) is 3.95. The lowest BCUT2D eigenvalue weighted by atomic mass is 9.94. The number of anilines is 1. The van der Waals surface area contributed by atoms with Crippen LogP contribution in [0.25, 0.3) is 0 Å². The minimum absolute atomic E-state index is 0.00540. The Balaban J connectivity index is 1.52. The zero-order valence-corrected chi connectivity index (χ0v) is 27.4. The standard InChI is InChI=1S/C33H37Cl2N3O6S/c1-45(41,42)38(27-14-15-30-31(20-27)44-17-16-43-30)22-32(39)37(21-24-12-13-25(34)19-28(24)35)29(18-23-8-4-2-5-9-23)33(40)36-26-10-6-3-7-11-26/h2,4-5,8-9,12-15,19-20,26,29H,3,6-7,10-11,16-18,21-22H2,1H3,(H,36,40). The number of fused-ring (bicyclic) bond motifs is 1. The van der Waals surface area contributed by atoms with Gasteiger partial charge in [0.25, 0.3) is 0 Å². The van der Waals surface area contributed by atoms with E-state index in [0.717, 1.165) is 48.2 Å². The molecule has 1 heterocycles. The lowest BCUT2D eigenvalue weighted by Gasteiger charge is -2.35. The second-order valence-corrected chi connectivity index (χ2v) is 14.2. The SMILES string of the molecule is CS(=O)(=O)N(CC(=O)N(Cc1ccc(Cl)cc1Cl)C(Cc1ccccc1)C(=O)NC1CCCCC1)c1ccc2c(c1)OCCO2. The van der Waals surface area contributed by atoms with Crippen LogP contribution in [-0.4, -0.2) is 63.2 Å². The predicted octanol–water partition coefficient (Wildman–Crippen LogP) is 5.62. The van der Waals surface area contributed by atoms with Crippen molar-refractivity contribution in [3.8, 4) is 11.5 Å². The zero-order chi connectivity index (χ0) is 32.0. The minimum atomic E-state index is -3.94. The molecule has 0 radical (unpaired) electrons. The normalized spacial score (nSPS) is 15.6. The molecule has 12 heteroatoms. The van der Waals surface area contributed by atoms with E-state index in [0.29, 0.717) is 40.3 Å². The third kappa shape index (κ3) is 8.62. The van der Waals surface area contributed by atoms with Crippen molar-refractivity contribution >= 4 is 50.7 Å². The van der Waals surface area contributed by atoms with Gasteiger partial charge < -0.3 is 19.7 Å². The van der Waals surface area contributed by atoms with E-state index in [1.807, 2.05) is 30.3 Å². The highest BCUT2D eigenvalue weighted by molar-refractivity contribution is 7.92. The lowest BCUT2D eigenvalue weighted by molar-refractivity contribution is -0.140. The van der Waals surface area contributed by atoms with Crippen molar-refractivity contribution in [2.24, 2.45) is 0 Å². The monoisotopic (exact) mass is 673 g/mol. The van der Waals surface area contributed by atoms with Gasteiger partial charge in [0, 0.05) is 35.1 Å². The number of hydrogen-bond donors (Lipinski definition) is 1. The van der Waals surface area contributed by atoms with E-state index in [-0.39, 0.29) is 30.6 Å². The van der Waals surface area contributed by atoms with Crippen LogP contribution in [0.4, 0.5) is 5.69 Å². The molecule has 1 atom stereocenters. The van der Waals surface area contributed by atoms with Crippen molar-refractivity contribution in [1.29, 1.82) is 0 Å². The summed E-state index contributed by atoms with van der Waals surface area (Å²) >= 11 is 12.7. The lowest BCUT2D eigenvalue weighted by Crippen LogP contribution is -2.55. The maximum atomic E-state index is 14.4. The van der Waals surface area contributed by atoms with E-state index >= 15 is 0 Å². The summed E-state index contributed by atoms with van der Waals surface area (Å²) in [5.41, 5.74) is 1.67. The quantitative estimate of drug-likeness (QED) is 0.283. The van der Waals surface area contributed by atoms with Crippen LogP contribution in [0.15, 0.2) is 66.7 Å². The zero-order valence-electron chi connectivity index (χ0n) is 25.1. The average molecular weight is 675 g/mol. The molecular formula is C33H37Cl2N3O6S. The first-order valence-corrected chi connectivity index (χ1v) is 17.6. The number of carbonyl (C=O) groups excluding carboxylic acids is 2. The summed E-state index contributed by atoms with van der Waals surface area (Å²) in [6.07, 6.45) is 6.17. The van der Waals surface area contributed by atoms with Gasteiger partial charge in [-0.3, -0.25) is 13.9 Å². The maximum absolute atomic E-state index is 14.4. The maximum Gasteiger partial charge on any atom is 0.244 e. The van der Waals surface area contributed by atoms with Crippen molar-refractivity contribution in [2.75, 3.05) is 30.3 Å². The molecule has 5 rings (SSSR count). The Hall–Kier alpha value is -3.47. The van der Waals surface area contributed by atoms with Crippen LogP contribution in [0.5, 0.6) is 11.5 Å². The third-order valence-electron chi connectivity index (χ3n) is 8.07. The number of sulfonamides is 1. The number of halogens is 2. The van der Waals surface area contributed by atoms with E-state index in [1.165, 1.54) is 4.90 Å². The predicted molar refractivity (Wildman–Crippen MR) is 176 cm³/mol. The molecule has 0 aromatic heterocycles. The number of rotatable bonds is 11. The van der Waals surface area contributed by atoms with Gasteiger partial charge in [0.1, 0.15) is 25.8 Å². The fourth-order valence-corrected chi connectivity index (χ4v) is 7.04. The van der Waals surface area contributed by atoms with E-state index in [2.05, 4.69) is 5.32 Å². The van der Waals surface area contributed by atoms with Crippen LogP contribution in [0.3, 0.4) is 0 Å². The van der Waals surface area contributed by atoms with Gasteiger partial charge >= 0.3 is 0 Å². The molecule has 1 N–H and O–H groups in total. The Labute approximate surface area is 274 Å². The second-order valence-electron chi connectivity index (χ2n) is 11.4. The number of nitrogens with zero attached hydrogens (tertiary/aromatic N) is 2. The first-order valence-electron chi connectivity index (χ1n) is 15.0. The molecule has 0 bridgehead atoms. The van der Waals surface area contributed by atoms with Crippen LogP contribution >= 0.6 is 23.2 Å². The van der Waals surface area contributed by atoms with Crippen molar-refractivity contribution in [3.63, 3.8) is 0 Å². The molecule has 1 unspecified atom stereocenters. The van der Waals surface area contributed by atoms with Crippen LogP contribution < -0.4 is 19.1 Å². The largest absolute Gasteiger partial charge is 0.486 e. The summed E-state index contributed by atoms with van der Waals surface area (Å²) in [5.74, 6) is 0.0139. The molecule has 1 aliphatic carbocycles. The van der Waals surface area contributed by atoms with Gasteiger partial charge in [-0.05, 0) is 48.2 Å². The molecule has 3 aromatic rings. The number of carbonyl (C=O) groups is 2. The van der Waals surface area contributed by atoms with Gasteiger partial charge in [-0.25, -0.2) is 8.42 Å². The highest BCUT2D eigenvalue weighted by Gasteiger charge is 2.34. The Morgan fingerprint density at radius 1 is 0.933 bits per heavy atom. The van der Waals surface area contributed by atoms with Crippen molar-refractivity contribution in [1.82, 2.24) is 10.2 Å². The molecule has 1 fully saturated rings. The first kappa shape index (κ1) is 32.9. The molecule has 2 amide bonds. The van der Waals surface area contributed by atoms with Crippen LogP contribution in [0.1, 0.15) is 43.2 Å². The number of benzene rings is 3. The Morgan fingerprint density at radius 3 is 2.33 bits per heavy atom. The molecule has 3 aromatic carbocycles. The van der Waals surface area contributed by atoms with Crippen molar-refractivity contribution in [3.05, 3.63) is 87.9 Å². The van der Waals surface area contributed by atoms with E-state index < -0.39 is 28.5 Å². The summed E-state index contributed by atoms with van der Waals surface area (Å²) in [7, 11) is -3.94. The number of ether oxygens (including phenoxy) is 2. The van der Waals surface area contributed by atoms with Crippen molar-refractivity contribution in [2.45, 2.75) is 57.2 Å². The van der Waals surface area contributed by atoms with E-state index in [4.69, 9.17) is 32.7 Å². The van der Waals surface area contributed by atoms with Gasteiger partial charge in [0.05, 0.1) is 11.9 Å². The fourth-order valence-electron chi connectivity index (χ4n) is 5.73. The summed E-state index contributed by atoms with van der Waals surface area (Å²) in [4.78, 5) is 29.9. The highest BCUT2D eigenvalue weighted by atomic mass is 35.5. The Morgan fingerprint density at radius 2 is 1.64 bits per heavy atom. The first-order chi connectivity index (χ1) is 21.6. The molecule has 45 heavy (non-hydrogen) atoms. The van der Waals surface area contributed by atoms with Crippen molar-refractivity contribution < 1.29 is 27.5 Å². The molecule has 1 aliphatic heterocycles. The average Bonchev–Trinajstić information content (AvgIpc) is 3.02. The molecule has 9 nitrogen and oxygen atoms in total. The van der Waals surface area contributed by atoms with E-state index in [9.17, 15) is 18.0 Å². The summed E-state index contributed by atoms with van der Waals surface area (Å²) in [6, 6.07) is 18.2. The van der Waals surface area contributed by atoms with Gasteiger partial charge in [0.2, 0.25) is 21.8 Å². The van der Waals surface area contributed by atoms with Crippen LogP contribution in [-0.2, 0) is 32.6 Å². The molecular weight excluding hydrogens is 637 g/mol. The van der Waals surface area contributed by atoms with Gasteiger partial charge in [-0.2, -0.15) is 0 Å². The van der Waals surface area contributed by atoms with Gasteiger partial charge in [0.15, 0.2) is 11.5 Å². The second kappa shape index (κ2) is 14.7. The van der Waals surface area contributed by atoms with Crippen LogP contribution in [0.2, 0.25) is 10.0 Å². The minimum Gasteiger partial charge on any atom is -0.486 e.